The summed E-state index contributed by atoms with van der Waals surface area (Å²) in [6.07, 6.45) is 0. The number of halogens is 3. The lowest BCUT2D eigenvalue weighted by Crippen LogP contribution is -2.29. The molecule has 150 valence electrons. The zero-order chi connectivity index (χ0) is 21.4. The number of rotatable bonds is 3. The van der Waals surface area contributed by atoms with Crippen LogP contribution in [0.5, 0.6) is 0 Å². The average Bonchev–Trinajstić information content (AvgIpc) is 3.36. The quantitative estimate of drug-likeness (QED) is 0.685. The first kappa shape index (κ1) is 19.6. The van der Waals surface area contributed by atoms with Crippen molar-refractivity contribution in [2.75, 3.05) is 13.2 Å². The highest BCUT2D eigenvalue weighted by Gasteiger charge is 2.28. The van der Waals surface area contributed by atoms with Crippen LogP contribution in [0.3, 0.4) is 0 Å². The van der Waals surface area contributed by atoms with Gasteiger partial charge in [-0.05, 0) is 48.0 Å². The summed E-state index contributed by atoms with van der Waals surface area (Å²) in [5.41, 5.74) is 1.04. The van der Waals surface area contributed by atoms with E-state index < -0.39 is 17.5 Å². The lowest BCUT2D eigenvalue weighted by atomic mass is 10.00. The first-order valence-corrected chi connectivity index (χ1v) is 9.10. The molecule has 2 heterocycles. The molecule has 0 saturated carbocycles. The number of hydrogen-bond acceptors (Lipinski definition) is 4. The van der Waals surface area contributed by atoms with Crippen LogP contribution < -0.4 is 5.32 Å². The minimum Gasteiger partial charge on any atom is -0.450 e. The number of carbonyl (C=O) groups excluding carboxylic acids is 2. The molecule has 6 nitrogen and oxygen atoms in total. The molecule has 9 heteroatoms. The minimum atomic E-state index is -0.643. The summed E-state index contributed by atoms with van der Waals surface area (Å²) in [6, 6.07) is 10.8. The number of nitrogens with zero attached hydrogens (tertiary/aromatic N) is 2. The lowest BCUT2D eigenvalue weighted by Gasteiger charge is -2.10. The number of nitrogens with one attached hydrogen (secondary N) is 1. The molecule has 0 atom stereocenters. The van der Waals surface area contributed by atoms with Gasteiger partial charge in [0.15, 0.2) is 5.76 Å². The van der Waals surface area contributed by atoms with Crippen molar-refractivity contribution < 1.29 is 22.8 Å². The van der Waals surface area contributed by atoms with Gasteiger partial charge in [-0.15, -0.1) is 0 Å². The maximum absolute atomic E-state index is 14.0. The highest BCUT2D eigenvalue weighted by molar-refractivity contribution is 6.31. The van der Waals surface area contributed by atoms with Gasteiger partial charge >= 0.3 is 0 Å². The number of furan rings is 1. The van der Waals surface area contributed by atoms with Crippen molar-refractivity contribution in [1.29, 1.82) is 5.26 Å². The van der Waals surface area contributed by atoms with Gasteiger partial charge in [0.1, 0.15) is 23.9 Å². The van der Waals surface area contributed by atoms with Crippen LogP contribution in [0.15, 0.2) is 46.9 Å². The van der Waals surface area contributed by atoms with E-state index in [1.54, 1.807) is 0 Å². The van der Waals surface area contributed by atoms with Crippen molar-refractivity contribution in [1.82, 2.24) is 10.2 Å². The van der Waals surface area contributed by atoms with Crippen LogP contribution >= 0.6 is 11.6 Å². The van der Waals surface area contributed by atoms with Gasteiger partial charge in [0.2, 0.25) is 5.91 Å². The summed E-state index contributed by atoms with van der Waals surface area (Å²) >= 11 is 5.88. The van der Waals surface area contributed by atoms with E-state index in [9.17, 15) is 18.4 Å². The van der Waals surface area contributed by atoms with Gasteiger partial charge in [-0.2, -0.15) is 5.26 Å². The van der Waals surface area contributed by atoms with Crippen LogP contribution in [-0.2, 0) is 4.79 Å². The van der Waals surface area contributed by atoms with E-state index in [2.05, 4.69) is 5.32 Å². The Morgan fingerprint density at radius 1 is 1.17 bits per heavy atom. The third-order valence-electron chi connectivity index (χ3n) is 4.55. The second-order valence-corrected chi connectivity index (χ2v) is 6.99. The van der Waals surface area contributed by atoms with E-state index in [1.807, 2.05) is 6.07 Å². The monoisotopic (exact) mass is 427 g/mol. The fourth-order valence-corrected chi connectivity index (χ4v) is 3.32. The van der Waals surface area contributed by atoms with Gasteiger partial charge in [0.25, 0.3) is 5.91 Å². The predicted octanol–water partition coefficient (Wildman–Crippen LogP) is 3.95. The number of nitriles is 1. The minimum absolute atomic E-state index is 0.0317. The molecule has 1 N–H and O–H groups in total. The smallest absolute Gasteiger partial charge is 0.291 e. The maximum Gasteiger partial charge on any atom is 0.291 e. The summed E-state index contributed by atoms with van der Waals surface area (Å²) < 4.78 is 33.4. The second-order valence-electron chi connectivity index (χ2n) is 6.58. The van der Waals surface area contributed by atoms with Gasteiger partial charge in [-0.3, -0.25) is 9.59 Å². The van der Waals surface area contributed by atoms with Crippen LogP contribution in [0.25, 0.3) is 22.5 Å². The second kappa shape index (κ2) is 7.61. The normalized spacial score (nSPS) is 13.3. The molecule has 2 amide bonds. The zero-order valence-electron chi connectivity index (χ0n) is 15.2. The maximum atomic E-state index is 14.0. The summed E-state index contributed by atoms with van der Waals surface area (Å²) in [7, 11) is 0. The number of benzene rings is 2. The first-order chi connectivity index (χ1) is 14.4. The van der Waals surface area contributed by atoms with Crippen molar-refractivity contribution in [3.8, 4) is 28.5 Å². The molecule has 1 aliphatic rings. The Kier molecular flexibility index (Phi) is 4.98. The van der Waals surface area contributed by atoms with Crippen LogP contribution in [0.1, 0.15) is 16.1 Å². The summed E-state index contributed by atoms with van der Waals surface area (Å²) in [6.45, 7) is -0.0882. The van der Waals surface area contributed by atoms with E-state index in [0.717, 1.165) is 12.1 Å². The topological polar surface area (TPSA) is 86.3 Å². The van der Waals surface area contributed by atoms with E-state index in [4.69, 9.17) is 21.3 Å². The Balaban J connectivity index is 1.87. The average molecular weight is 428 g/mol. The molecule has 3 aromatic rings. The highest BCUT2D eigenvalue weighted by atomic mass is 35.5. The summed E-state index contributed by atoms with van der Waals surface area (Å²) in [5.74, 6) is -2.08. The number of amides is 2. The van der Waals surface area contributed by atoms with Crippen molar-refractivity contribution in [3.63, 3.8) is 0 Å². The fourth-order valence-electron chi connectivity index (χ4n) is 3.14. The molecule has 30 heavy (non-hydrogen) atoms. The molecule has 0 aliphatic carbocycles. The molecule has 1 aromatic heterocycles. The van der Waals surface area contributed by atoms with Crippen molar-refractivity contribution >= 4 is 23.4 Å². The van der Waals surface area contributed by atoms with E-state index in [1.165, 1.54) is 35.2 Å². The molecule has 1 saturated heterocycles. The molecule has 0 spiro atoms. The van der Waals surface area contributed by atoms with Gasteiger partial charge in [-0.25, -0.2) is 8.78 Å². The summed E-state index contributed by atoms with van der Waals surface area (Å²) in [4.78, 5) is 25.4. The van der Waals surface area contributed by atoms with Crippen LogP contribution in [0.4, 0.5) is 8.78 Å². The molecule has 1 aliphatic heterocycles. The molecule has 1 fully saturated rings. The molecular formula is C21H12ClF2N3O3. The molecule has 0 unspecified atom stereocenters. The van der Waals surface area contributed by atoms with E-state index in [-0.39, 0.29) is 41.2 Å². The van der Waals surface area contributed by atoms with Crippen LogP contribution in [0, 0.1) is 23.0 Å². The lowest BCUT2D eigenvalue weighted by molar-refractivity contribution is -0.118. The third kappa shape index (κ3) is 3.63. The SMILES string of the molecule is N#Cc1cc(F)cc(-c2cc(C(=O)N3CNC(=O)C3)oc2-c2ccc(F)c(Cl)c2)c1. The number of carbonyl (C=O) groups is 2. The Morgan fingerprint density at radius 2 is 1.97 bits per heavy atom. The Morgan fingerprint density at radius 3 is 2.63 bits per heavy atom. The summed E-state index contributed by atoms with van der Waals surface area (Å²) in [5, 5.41) is 11.5. The van der Waals surface area contributed by atoms with Gasteiger partial charge < -0.3 is 14.6 Å². The third-order valence-corrected chi connectivity index (χ3v) is 4.84. The van der Waals surface area contributed by atoms with Crippen LogP contribution in [0.2, 0.25) is 5.02 Å². The Bertz CT molecular complexity index is 1230. The van der Waals surface area contributed by atoms with Crippen LogP contribution in [-0.4, -0.2) is 29.9 Å². The van der Waals surface area contributed by atoms with Gasteiger partial charge in [-0.1, -0.05) is 11.6 Å². The fraction of sp³-hybridized carbons (Fsp3) is 0.0952. The number of hydrogen-bond donors (Lipinski definition) is 1. The van der Waals surface area contributed by atoms with E-state index in [0.29, 0.717) is 16.7 Å². The van der Waals surface area contributed by atoms with Gasteiger partial charge in [0.05, 0.1) is 23.3 Å². The van der Waals surface area contributed by atoms with Gasteiger partial charge in [0, 0.05) is 11.1 Å². The Hall–Kier alpha value is -3.70. The first-order valence-electron chi connectivity index (χ1n) is 8.72. The molecule has 0 radical (unpaired) electrons. The largest absolute Gasteiger partial charge is 0.450 e. The predicted molar refractivity (Wildman–Crippen MR) is 103 cm³/mol. The zero-order valence-corrected chi connectivity index (χ0v) is 16.0. The molecule has 4 rings (SSSR count). The molecule has 0 bridgehead atoms. The molecule has 2 aromatic carbocycles. The standard InChI is InChI=1S/C21H12ClF2N3O3/c22-16-6-12(1-2-17(16)24)20-15(13-3-11(8-25)4-14(23)5-13)7-18(30-20)21(29)27-9-19(28)26-10-27/h1-7H,9-10H2,(H,26,28). The van der Waals surface area contributed by atoms with Crippen molar-refractivity contribution in [3.05, 3.63) is 70.4 Å². The van der Waals surface area contributed by atoms with E-state index >= 15 is 0 Å². The Labute approximate surface area is 174 Å². The highest BCUT2D eigenvalue weighted by Crippen LogP contribution is 2.37. The van der Waals surface area contributed by atoms with Crippen molar-refractivity contribution in [2.24, 2.45) is 0 Å². The van der Waals surface area contributed by atoms with Crippen molar-refractivity contribution in [2.45, 2.75) is 0 Å². The molecular weight excluding hydrogens is 416 g/mol.